The van der Waals surface area contributed by atoms with Gasteiger partial charge in [0, 0.05) is 23.9 Å². The quantitative estimate of drug-likeness (QED) is 0.581. The summed E-state index contributed by atoms with van der Waals surface area (Å²) in [5.41, 5.74) is 3.99. The fourth-order valence-corrected chi connectivity index (χ4v) is 3.26. The molecule has 0 aliphatic heterocycles. The van der Waals surface area contributed by atoms with E-state index in [1.54, 1.807) is 24.5 Å². The first-order chi connectivity index (χ1) is 12.8. The molecule has 1 heterocycles. The van der Waals surface area contributed by atoms with Crippen molar-refractivity contribution in [1.29, 1.82) is 0 Å². The Labute approximate surface area is 156 Å². The van der Waals surface area contributed by atoms with Gasteiger partial charge in [-0.05, 0) is 36.6 Å². The van der Waals surface area contributed by atoms with Crippen LogP contribution in [0, 0.1) is 13.8 Å². The third-order valence-corrected chi connectivity index (χ3v) is 4.79. The van der Waals surface area contributed by atoms with Crippen molar-refractivity contribution >= 4 is 0 Å². The van der Waals surface area contributed by atoms with E-state index in [1.165, 1.54) is 23.3 Å². The highest BCUT2D eigenvalue weighted by Crippen LogP contribution is 2.30. The zero-order valence-corrected chi connectivity index (χ0v) is 15.4. The molecule has 1 atom stereocenters. The van der Waals surface area contributed by atoms with E-state index in [1.807, 2.05) is 10.6 Å². The zero-order chi connectivity index (χ0) is 19.6. The number of aryl methyl sites for hydroxylation is 1. The first-order valence-corrected chi connectivity index (χ1v) is 8.67. The molecule has 0 saturated carbocycles. The lowest BCUT2D eigenvalue weighted by molar-refractivity contribution is -0.274. The number of aromatic nitrogens is 2. The molecule has 6 heteroatoms. The molecule has 3 nitrogen and oxygen atoms in total. The topological polar surface area (TPSA) is 27.1 Å². The molecule has 0 fully saturated rings. The Hall–Kier alpha value is -2.76. The van der Waals surface area contributed by atoms with Gasteiger partial charge in [-0.3, -0.25) is 0 Å². The average Bonchev–Trinajstić information content (AvgIpc) is 3.05. The second-order valence-electron chi connectivity index (χ2n) is 6.58. The summed E-state index contributed by atoms with van der Waals surface area (Å²) >= 11 is 0. The molecule has 0 saturated heterocycles. The van der Waals surface area contributed by atoms with E-state index in [0.717, 1.165) is 11.4 Å². The molecule has 0 radical (unpaired) electrons. The van der Waals surface area contributed by atoms with E-state index < -0.39 is 6.36 Å². The van der Waals surface area contributed by atoms with Crippen molar-refractivity contribution in [3.8, 4) is 5.75 Å². The SMILES string of the molecule is Cc1cccc([C@H](C)c2nccn2Cc2ccccc2OC(F)(F)F)c1C. The van der Waals surface area contributed by atoms with Crippen molar-refractivity contribution in [2.45, 2.75) is 39.6 Å². The zero-order valence-electron chi connectivity index (χ0n) is 15.4. The van der Waals surface area contributed by atoms with Crippen LogP contribution in [0.25, 0.3) is 0 Å². The molecule has 0 N–H and O–H groups in total. The van der Waals surface area contributed by atoms with Crippen LogP contribution in [0.2, 0.25) is 0 Å². The molecule has 1 aromatic heterocycles. The lowest BCUT2D eigenvalue weighted by Gasteiger charge is -2.19. The number of para-hydroxylation sites is 1. The molecule has 3 rings (SSSR count). The summed E-state index contributed by atoms with van der Waals surface area (Å²) in [6.45, 7) is 6.43. The minimum atomic E-state index is -4.72. The van der Waals surface area contributed by atoms with Crippen LogP contribution < -0.4 is 4.74 Å². The molecule has 0 aliphatic carbocycles. The molecule has 0 bridgehead atoms. The van der Waals surface area contributed by atoms with E-state index in [9.17, 15) is 13.2 Å². The second-order valence-corrected chi connectivity index (χ2v) is 6.58. The van der Waals surface area contributed by atoms with E-state index in [0.29, 0.717) is 5.56 Å². The van der Waals surface area contributed by atoms with Crippen molar-refractivity contribution in [3.05, 3.63) is 82.9 Å². The maximum Gasteiger partial charge on any atom is 0.573 e. The van der Waals surface area contributed by atoms with Crippen LogP contribution >= 0.6 is 0 Å². The summed E-state index contributed by atoms with van der Waals surface area (Å²) in [5.74, 6) is 0.616. The number of rotatable bonds is 5. The van der Waals surface area contributed by atoms with E-state index in [4.69, 9.17) is 0 Å². The highest BCUT2D eigenvalue weighted by Gasteiger charge is 2.32. The van der Waals surface area contributed by atoms with Crippen LogP contribution in [-0.4, -0.2) is 15.9 Å². The molecule has 0 spiro atoms. The molecular weight excluding hydrogens is 353 g/mol. The number of hydrogen-bond acceptors (Lipinski definition) is 2. The first-order valence-electron chi connectivity index (χ1n) is 8.67. The van der Waals surface area contributed by atoms with Crippen LogP contribution in [0.1, 0.15) is 40.9 Å². The monoisotopic (exact) mass is 374 g/mol. The van der Waals surface area contributed by atoms with Gasteiger partial charge in [0.05, 0.1) is 6.54 Å². The Morgan fingerprint density at radius 1 is 1.07 bits per heavy atom. The standard InChI is InChI=1S/C21H21F3N2O/c1-14-7-6-9-18(15(14)2)16(3)20-25-11-12-26(20)13-17-8-4-5-10-19(17)27-21(22,23)24/h4-12,16H,13H2,1-3H3/t16-/m0/s1. The normalized spacial score (nSPS) is 12.8. The fraction of sp³-hybridized carbons (Fsp3) is 0.286. The Morgan fingerprint density at radius 2 is 1.81 bits per heavy atom. The number of benzene rings is 2. The number of alkyl halides is 3. The van der Waals surface area contributed by atoms with E-state index in [-0.39, 0.29) is 18.2 Å². The van der Waals surface area contributed by atoms with Crippen molar-refractivity contribution in [1.82, 2.24) is 9.55 Å². The third-order valence-electron chi connectivity index (χ3n) is 4.79. The summed E-state index contributed by atoms with van der Waals surface area (Å²) in [5, 5.41) is 0. The van der Waals surface area contributed by atoms with Gasteiger partial charge in [0.25, 0.3) is 0 Å². The van der Waals surface area contributed by atoms with Gasteiger partial charge >= 0.3 is 6.36 Å². The van der Waals surface area contributed by atoms with Gasteiger partial charge in [-0.25, -0.2) is 4.98 Å². The lowest BCUT2D eigenvalue weighted by Crippen LogP contribution is -2.19. The van der Waals surface area contributed by atoms with Crippen molar-refractivity contribution < 1.29 is 17.9 Å². The number of hydrogen-bond donors (Lipinski definition) is 0. The van der Waals surface area contributed by atoms with Gasteiger partial charge < -0.3 is 9.30 Å². The van der Waals surface area contributed by atoms with Crippen molar-refractivity contribution in [2.24, 2.45) is 0 Å². The molecule has 2 aromatic carbocycles. The van der Waals surface area contributed by atoms with Gasteiger partial charge in [0.15, 0.2) is 0 Å². The largest absolute Gasteiger partial charge is 0.573 e. The van der Waals surface area contributed by atoms with Gasteiger partial charge in [-0.1, -0.05) is 43.3 Å². The van der Waals surface area contributed by atoms with Gasteiger partial charge in [-0.15, -0.1) is 13.2 Å². The molecule has 27 heavy (non-hydrogen) atoms. The number of nitrogens with zero attached hydrogens (tertiary/aromatic N) is 2. The van der Waals surface area contributed by atoms with E-state index in [2.05, 4.69) is 42.6 Å². The summed E-state index contributed by atoms with van der Waals surface area (Å²) in [6, 6.07) is 12.3. The predicted octanol–water partition coefficient (Wildman–Crippen LogP) is 5.60. The molecule has 3 aromatic rings. The Balaban J connectivity index is 1.92. The van der Waals surface area contributed by atoms with Crippen LogP contribution in [0.3, 0.4) is 0 Å². The Kier molecular flexibility index (Phi) is 5.26. The van der Waals surface area contributed by atoms with Gasteiger partial charge in [-0.2, -0.15) is 0 Å². The van der Waals surface area contributed by atoms with Crippen LogP contribution in [0.15, 0.2) is 54.9 Å². The maximum absolute atomic E-state index is 12.7. The van der Waals surface area contributed by atoms with Crippen LogP contribution in [0.5, 0.6) is 5.75 Å². The van der Waals surface area contributed by atoms with E-state index >= 15 is 0 Å². The second kappa shape index (κ2) is 7.47. The molecular formula is C21H21F3N2O. The number of imidazole rings is 1. The first kappa shape index (κ1) is 19.0. The molecule has 0 amide bonds. The van der Waals surface area contributed by atoms with Crippen molar-refractivity contribution in [2.75, 3.05) is 0 Å². The highest BCUT2D eigenvalue weighted by atomic mass is 19.4. The van der Waals surface area contributed by atoms with Gasteiger partial charge in [0.1, 0.15) is 11.6 Å². The van der Waals surface area contributed by atoms with Crippen molar-refractivity contribution in [3.63, 3.8) is 0 Å². The highest BCUT2D eigenvalue weighted by molar-refractivity contribution is 5.39. The Morgan fingerprint density at radius 3 is 2.56 bits per heavy atom. The minimum Gasteiger partial charge on any atom is -0.405 e. The summed E-state index contributed by atoms with van der Waals surface area (Å²) in [4.78, 5) is 4.46. The van der Waals surface area contributed by atoms with Crippen LogP contribution in [0.4, 0.5) is 13.2 Å². The minimum absolute atomic E-state index is 0.00981. The molecule has 0 aliphatic rings. The fourth-order valence-electron chi connectivity index (χ4n) is 3.26. The molecule has 0 unspecified atom stereocenters. The summed E-state index contributed by atoms with van der Waals surface area (Å²) in [6.07, 6.45) is -1.27. The number of halogens is 3. The Bertz CT molecular complexity index is 931. The third kappa shape index (κ3) is 4.32. The summed E-state index contributed by atoms with van der Waals surface area (Å²) < 4.78 is 44.0. The smallest absolute Gasteiger partial charge is 0.405 e. The average molecular weight is 374 g/mol. The summed E-state index contributed by atoms with van der Waals surface area (Å²) in [7, 11) is 0. The lowest BCUT2D eigenvalue weighted by atomic mass is 9.93. The predicted molar refractivity (Wildman–Crippen MR) is 97.9 cm³/mol. The van der Waals surface area contributed by atoms with Gasteiger partial charge in [0.2, 0.25) is 0 Å². The molecule has 142 valence electrons. The maximum atomic E-state index is 12.7. The van der Waals surface area contributed by atoms with Crippen LogP contribution in [-0.2, 0) is 6.54 Å². The number of ether oxygens (including phenoxy) is 1.